The van der Waals surface area contributed by atoms with Crippen molar-refractivity contribution in [3.8, 4) is 5.75 Å². The molecule has 0 aliphatic carbocycles. The number of ether oxygens (including phenoxy) is 1. The summed E-state index contributed by atoms with van der Waals surface area (Å²) in [6.45, 7) is 1.37. The highest BCUT2D eigenvalue weighted by Gasteiger charge is 2.29. The molecule has 1 fully saturated rings. The normalized spacial score (nSPS) is 16.1. The van der Waals surface area contributed by atoms with Crippen LogP contribution in [-0.4, -0.2) is 47.1 Å². The zero-order valence-electron chi connectivity index (χ0n) is 14.9. The van der Waals surface area contributed by atoms with Crippen LogP contribution in [0.4, 0.5) is 18.0 Å². The predicted octanol–water partition coefficient (Wildman–Crippen LogP) is 4.40. The van der Waals surface area contributed by atoms with E-state index >= 15 is 0 Å². The van der Waals surface area contributed by atoms with E-state index in [9.17, 15) is 18.0 Å². The fourth-order valence-corrected chi connectivity index (χ4v) is 3.42. The van der Waals surface area contributed by atoms with Gasteiger partial charge in [0, 0.05) is 24.0 Å². The van der Waals surface area contributed by atoms with Crippen molar-refractivity contribution in [2.75, 3.05) is 19.7 Å². The first-order chi connectivity index (χ1) is 12.7. The van der Waals surface area contributed by atoms with Crippen LogP contribution < -0.4 is 4.74 Å². The summed E-state index contributed by atoms with van der Waals surface area (Å²) in [5, 5.41) is 13.8. The summed E-state index contributed by atoms with van der Waals surface area (Å²) in [5.41, 5.74) is 1.69. The topological polar surface area (TPSA) is 75.8 Å². The van der Waals surface area contributed by atoms with E-state index in [2.05, 4.69) is 5.16 Å². The van der Waals surface area contributed by atoms with E-state index in [1.54, 1.807) is 13.0 Å². The van der Waals surface area contributed by atoms with Crippen molar-refractivity contribution in [3.05, 3.63) is 23.4 Å². The first-order valence-electron chi connectivity index (χ1n) is 8.80. The third kappa shape index (κ3) is 4.64. The first kappa shape index (κ1) is 19.3. The van der Waals surface area contributed by atoms with Crippen molar-refractivity contribution >= 4 is 17.1 Å². The van der Waals surface area contributed by atoms with Gasteiger partial charge in [0.15, 0.2) is 12.2 Å². The molecular weight excluding hydrogens is 365 g/mol. The maximum atomic E-state index is 12.3. The number of aryl methyl sites for hydroxylation is 2. The Bertz CT molecular complexity index is 811. The molecule has 3 rings (SSSR count). The Labute approximate surface area is 153 Å². The molecule has 0 saturated carbocycles. The molecule has 9 heteroatoms. The van der Waals surface area contributed by atoms with E-state index in [1.165, 1.54) is 11.0 Å². The predicted molar refractivity (Wildman–Crippen MR) is 90.9 cm³/mol. The molecule has 6 nitrogen and oxygen atoms in total. The minimum absolute atomic E-state index is 0.128. The fraction of sp³-hybridized carbons (Fsp3) is 0.556. The molecule has 0 bridgehead atoms. The highest BCUT2D eigenvalue weighted by molar-refractivity contribution is 5.84. The third-order valence-corrected chi connectivity index (χ3v) is 4.98. The molecule has 1 aliphatic rings. The molecule has 1 saturated heterocycles. The number of amides is 1. The van der Waals surface area contributed by atoms with Crippen LogP contribution in [0, 0.1) is 12.8 Å². The number of hydrogen-bond donors (Lipinski definition) is 1. The van der Waals surface area contributed by atoms with Crippen LogP contribution in [-0.2, 0) is 6.42 Å². The van der Waals surface area contributed by atoms with Gasteiger partial charge in [-0.3, -0.25) is 0 Å². The van der Waals surface area contributed by atoms with Crippen molar-refractivity contribution in [2.24, 2.45) is 5.92 Å². The minimum Gasteiger partial charge on any atom is -0.484 e. The van der Waals surface area contributed by atoms with E-state index in [0.29, 0.717) is 36.6 Å². The van der Waals surface area contributed by atoms with Crippen LogP contribution in [0.25, 0.3) is 11.0 Å². The van der Waals surface area contributed by atoms with E-state index in [4.69, 9.17) is 14.4 Å². The number of benzene rings is 1. The maximum absolute atomic E-state index is 12.3. The molecule has 2 heterocycles. The van der Waals surface area contributed by atoms with Gasteiger partial charge < -0.3 is 19.3 Å². The van der Waals surface area contributed by atoms with E-state index in [0.717, 1.165) is 30.3 Å². The minimum atomic E-state index is -4.40. The van der Waals surface area contributed by atoms with E-state index in [1.807, 2.05) is 0 Å². The van der Waals surface area contributed by atoms with Crippen LogP contribution in [0.2, 0.25) is 0 Å². The summed E-state index contributed by atoms with van der Waals surface area (Å²) >= 11 is 0. The molecule has 2 aromatic rings. The Morgan fingerprint density at radius 3 is 2.70 bits per heavy atom. The van der Waals surface area contributed by atoms with Gasteiger partial charge in [-0.2, -0.15) is 13.2 Å². The van der Waals surface area contributed by atoms with Gasteiger partial charge in [-0.25, -0.2) is 4.79 Å². The number of halogens is 3. The largest absolute Gasteiger partial charge is 0.484 e. The van der Waals surface area contributed by atoms with Crippen LogP contribution in [0.5, 0.6) is 5.75 Å². The molecule has 0 atom stereocenters. The smallest absolute Gasteiger partial charge is 0.422 e. The zero-order valence-corrected chi connectivity index (χ0v) is 14.9. The summed E-state index contributed by atoms with van der Waals surface area (Å²) in [4.78, 5) is 12.4. The van der Waals surface area contributed by atoms with Crippen molar-refractivity contribution in [2.45, 2.75) is 38.8 Å². The van der Waals surface area contributed by atoms with E-state index < -0.39 is 18.9 Å². The Morgan fingerprint density at radius 1 is 1.37 bits per heavy atom. The lowest BCUT2D eigenvalue weighted by Crippen LogP contribution is -2.37. The summed E-state index contributed by atoms with van der Waals surface area (Å²) in [7, 11) is 0. The average Bonchev–Trinajstić information content (AvgIpc) is 3.03. The lowest BCUT2D eigenvalue weighted by molar-refractivity contribution is -0.153. The van der Waals surface area contributed by atoms with Gasteiger partial charge in [0.2, 0.25) is 0 Å². The number of rotatable bonds is 5. The van der Waals surface area contributed by atoms with Gasteiger partial charge in [-0.15, -0.1) is 0 Å². The molecule has 1 amide bonds. The van der Waals surface area contributed by atoms with Gasteiger partial charge >= 0.3 is 12.3 Å². The molecule has 0 radical (unpaired) electrons. The van der Waals surface area contributed by atoms with Gasteiger partial charge in [0.25, 0.3) is 0 Å². The second kappa shape index (κ2) is 7.66. The first-order valence-corrected chi connectivity index (χ1v) is 8.80. The molecule has 0 spiro atoms. The standard InChI is InChI=1S/C18H21F3N2O4/c1-11-15(26-10-18(19,20)21)5-3-13-14(22-27-16(11)13)4-2-12-6-8-23(9-7-12)17(24)25/h3,5,12H,2,4,6-10H2,1H3,(H,24,25). The number of nitrogens with zero attached hydrogens (tertiary/aromatic N) is 2. The van der Waals surface area contributed by atoms with Crippen LogP contribution in [0.1, 0.15) is 30.5 Å². The van der Waals surface area contributed by atoms with Crippen LogP contribution in [0.3, 0.4) is 0 Å². The van der Waals surface area contributed by atoms with Crippen molar-refractivity contribution in [1.82, 2.24) is 10.1 Å². The summed E-state index contributed by atoms with van der Waals surface area (Å²) in [6, 6.07) is 3.18. The number of carbonyl (C=O) groups is 1. The molecule has 1 aromatic heterocycles. The quantitative estimate of drug-likeness (QED) is 0.824. The monoisotopic (exact) mass is 386 g/mol. The van der Waals surface area contributed by atoms with Crippen LogP contribution in [0.15, 0.2) is 16.7 Å². The number of aromatic nitrogens is 1. The van der Waals surface area contributed by atoms with Gasteiger partial charge in [0.05, 0.1) is 5.69 Å². The van der Waals surface area contributed by atoms with Crippen LogP contribution >= 0.6 is 0 Å². The lowest BCUT2D eigenvalue weighted by Gasteiger charge is -2.29. The van der Waals surface area contributed by atoms with Crippen molar-refractivity contribution < 1.29 is 32.3 Å². The number of hydrogen-bond acceptors (Lipinski definition) is 4. The van der Waals surface area contributed by atoms with Crippen molar-refractivity contribution in [3.63, 3.8) is 0 Å². The molecule has 0 unspecified atom stereocenters. The molecule has 1 aromatic carbocycles. The highest BCUT2D eigenvalue weighted by Crippen LogP contribution is 2.32. The Kier molecular flexibility index (Phi) is 5.48. The van der Waals surface area contributed by atoms with Crippen molar-refractivity contribution in [1.29, 1.82) is 0 Å². The third-order valence-electron chi connectivity index (χ3n) is 4.98. The maximum Gasteiger partial charge on any atom is 0.422 e. The average molecular weight is 386 g/mol. The highest BCUT2D eigenvalue weighted by atomic mass is 19.4. The van der Waals surface area contributed by atoms with Gasteiger partial charge in [-0.05, 0) is 50.7 Å². The zero-order chi connectivity index (χ0) is 19.6. The second-order valence-corrected chi connectivity index (χ2v) is 6.85. The number of fused-ring (bicyclic) bond motifs is 1. The number of piperidine rings is 1. The molecule has 148 valence electrons. The molecule has 27 heavy (non-hydrogen) atoms. The molecule has 1 N–H and O–H groups in total. The Morgan fingerprint density at radius 2 is 2.07 bits per heavy atom. The van der Waals surface area contributed by atoms with Gasteiger partial charge in [-0.1, -0.05) is 5.16 Å². The SMILES string of the molecule is Cc1c(OCC(F)(F)F)ccc2c(CCC3CCN(C(=O)O)CC3)noc12. The number of alkyl halides is 3. The molecule has 1 aliphatic heterocycles. The van der Waals surface area contributed by atoms with Gasteiger partial charge in [0.1, 0.15) is 5.75 Å². The summed E-state index contributed by atoms with van der Waals surface area (Å²) < 4.78 is 47.2. The molecular formula is C18H21F3N2O4. The Hall–Kier alpha value is -2.45. The fourth-order valence-electron chi connectivity index (χ4n) is 3.42. The second-order valence-electron chi connectivity index (χ2n) is 6.85. The number of likely N-dealkylation sites (tertiary alicyclic amines) is 1. The lowest BCUT2D eigenvalue weighted by atomic mass is 9.91. The number of carboxylic acid groups (broad SMARTS) is 1. The summed E-state index contributed by atoms with van der Waals surface area (Å²) in [6.07, 6.45) is -2.11. The van der Waals surface area contributed by atoms with E-state index in [-0.39, 0.29) is 5.75 Å². The summed E-state index contributed by atoms with van der Waals surface area (Å²) in [5.74, 6) is 0.548. The Balaban J connectivity index is 1.63.